The fourth-order valence-corrected chi connectivity index (χ4v) is 14.4. The monoisotopic (exact) mass is 702 g/mol. The average molecular weight is 703 g/mol. The summed E-state index contributed by atoms with van der Waals surface area (Å²) in [6.07, 6.45) is 39.1. The third-order valence-electron chi connectivity index (χ3n) is 12.9. The molecule has 11 rings (SSSR count). The lowest BCUT2D eigenvalue weighted by Gasteiger charge is -2.53. The summed E-state index contributed by atoms with van der Waals surface area (Å²) in [4.78, 5) is 0. The Kier molecular flexibility index (Phi) is 7.67. The van der Waals surface area contributed by atoms with Crippen LogP contribution in [0.15, 0.2) is 139 Å². The number of hydrogen-bond donors (Lipinski definition) is 1. The van der Waals surface area contributed by atoms with E-state index in [4.69, 9.17) is 5.32 Å². The number of nitrogens with one attached hydrogen (secondary N) is 1. The third-order valence-corrected chi connectivity index (χ3v) is 16.3. The van der Waals surface area contributed by atoms with Crippen molar-refractivity contribution in [2.24, 2.45) is 23.7 Å². The van der Waals surface area contributed by atoms with E-state index >= 15 is 0 Å². The first-order valence-corrected chi connectivity index (χ1v) is 21.1. The summed E-state index contributed by atoms with van der Waals surface area (Å²) in [5.74, 6) is 2.50. The molecule has 51 heavy (non-hydrogen) atoms. The van der Waals surface area contributed by atoms with Gasteiger partial charge in [-0.15, -0.1) is 29.6 Å². The lowest BCUT2D eigenvalue weighted by Crippen LogP contribution is -2.47. The molecule has 5 aliphatic carbocycles. The number of thioether (sulfide) groups is 2. The van der Waals surface area contributed by atoms with E-state index in [1.54, 1.807) is 11.1 Å². The number of nitrogens with zero attached hydrogens (tertiary/aromatic N) is 2. The van der Waals surface area contributed by atoms with Crippen molar-refractivity contribution < 1.29 is 0 Å². The lowest BCUT2D eigenvalue weighted by atomic mass is 9.73. The van der Waals surface area contributed by atoms with Crippen molar-refractivity contribution in [2.75, 3.05) is 0 Å². The zero-order valence-corrected chi connectivity index (χ0v) is 30.4. The molecule has 8 aliphatic rings. The first-order valence-electron chi connectivity index (χ1n) is 19.2. The maximum absolute atomic E-state index is 5.79. The van der Waals surface area contributed by atoms with Gasteiger partial charge >= 0.3 is 0 Å². The summed E-state index contributed by atoms with van der Waals surface area (Å²) in [6.45, 7) is 0. The van der Waals surface area contributed by atoms with Crippen molar-refractivity contribution in [1.29, 1.82) is 0 Å². The molecule has 3 fully saturated rings. The van der Waals surface area contributed by atoms with Crippen molar-refractivity contribution in [3.8, 4) is 5.69 Å². The quantitative estimate of drug-likeness (QED) is 0.275. The van der Waals surface area contributed by atoms with Gasteiger partial charge in [0, 0.05) is 61.2 Å². The van der Waals surface area contributed by atoms with Crippen LogP contribution in [0.2, 0.25) is 0 Å². The Hall–Kier alpha value is -3.48. The van der Waals surface area contributed by atoms with E-state index in [1.165, 1.54) is 46.3 Å². The summed E-state index contributed by atoms with van der Waals surface area (Å²) >= 11 is 4.40. The molecule has 5 heteroatoms. The van der Waals surface area contributed by atoms with Crippen LogP contribution >= 0.6 is 23.5 Å². The molecule has 3 aliphatic heterocycles. The topological polar surface area (TPSA) is 31.1 Å². The molecule has 1 aromatic heterocycles. The molecule has 3 nitrogen and oxygen atoms in total. The molecule has 4 heterocycles. The molecule has 0 bridgehead atoms. The molecule has 256 valence electrons. The molecular formula is C46H44N3S2-. The van der Waals surface area contributed by atoms with Crippen LogP contribution in [0.4, 0.5) is 0 Å². The molecule has 0 saturated carbocycles. The Morgan fingerprint density at radius 3 is 2.53 bits per heavy atom. The summed E-state index contributed by atoms with van der Waals surface area (Å²) < 4.78 is 2.53. The first-order chi connectivity index (χ1) is 25.3. The Bertz CT molecular complexity index is 2140. The first kappa shape index (κ1) is 31.1. The van der Waals surface area contributed by atoms with Crippen LogP contribution in [0.1, 0.15) is 48.7 Å². The SMILES string of the molecule is C1=CC2SC3C(C4CC(C5=CCCC6C5SC5C=CC=CC56)NC(c5cccc(-n6c7c(c8ccccc86)C=CCC7)c5)[N-]4)=CC=CC3C2C=C1. The van der Waals surface area contributed by atoms with E-state index in [1.807, 2.05) is 0 Å². The van der Waals surface area contributed by atoms with Crippen LogP contribution in [-0.4, -0.2) is 37.7 Å². The molecule has 0 spiro atoms. The van der Waals surface area contributed by atoms with Gasteiger partial charge in [0.15, 0.2) is 0 Å². The van der Waals surface area contributed by atoms with Gasteiger partial charge in [-0.25, -0.2) is 0 Å². The van der Waals surface area contributed by atoms with Crippen molar-refractivity contribution in [3.63, 3.8) is 0 Å². The highest BCUT2D eigenvalue weighted by molar-refractivity contribution is 8.01. The van der Waals surface area contributed by atoms with Gasteiger partial charge in [-0.1, -0.05) is 127 Å². The number of benzene rings is 2. The number of allylic oxidation sites excluding steroid dienone is 11. The average Bonchev–Trinajstić information content (AvgIpc) is 3.87. The van der Waals surface area contributed by atoms with E-state index < -0.39 is 0 Å². The van der Waals surface area contributed by atoms with E-state index in [2.05, 4.69) is 167 Å². The van der Waals surface area contributed by atoms with Crippen LogP contribution in [0, 0.1) is 23.7 Å². The van der Waals surface area contributed by atoms with Crippen LogP contribution < -0.4 is 5.32 Å². The van der Waals surface area contributed by atoms with Crippen molar-refractivity contribution in [1.82, 2.24) is 9.88 Å². The smallest absolute Gasteiger partial charge is 0.0537 e. The second-order valence-corrected chi connectivity index (χ2v) is 18.2. The van der Waals surface area contributed by atoms with Gasteiger partial charge in [0.05, 0.1) is 5.52 Å². The predicted molar refractivity (Wildman–Crippen MR) is 217 cm³/mol. The summed E-state index contributed by atoms with van der Waals surface area (Å²) in [5, 5.41) is 13.6. The summed E-state index contributed by atoms with van der Waals surface area (Å²) in [6, 6.07) is 18.7. The molecule has 3 saturated heterocycles. The van der Waals surface area contributed by atoms with E-state index in [0.717, 1.165) is 25.2 Å². The maximum atomic E-state index is 5.79. The van der Waals surface area contributed by atoms with E-state index in [9.17, 15) is 0 Å². The van der Waals surface area contributed by atoms with Crippen LogP contribution in [0.3, 0.4) is 0 Å². The Morgan fingerprint density at radius 2 is 1.59 bits per heavy atom. The fraction of sp³-hybridized carbons (Fsp3) is 0.348. The largest absolute Gasteiger partial charge is 0.637 e. The highest BCUT2D eigenvalue weighted by Gasteiger charge is 2.48. The van der Waals surface area contributed by atoms with E-state index in [0.29, 0.717) is 44.8 Å². The maximum Gasteiger partial charge on any atom is 0.0537 e. The predicted octanol–water partition coefficient (Wildman–Crippen LogP) is 10.6. The van der Waals surface area contributed by atoms with Gasteiger partial charge < -0.3 is 15.2 Å². The minimum absolute atomic E-state index is 0.0697. The number of para-hydroxylation sites is 1. The molecule has 11 unspecified atom stereocenters. The van der Waals surface area contributed by atoms with Gasteiger partial charge in [-0.05, 0) is 73.3 Å². The molecule has 3 aromatic rings. The van der Waals surface area contributed by atoms with Crippen LogP contribution in [-0.2, 0) is 6.42 Å². The Balaban J connectivity index is 0.975. The molecule has 2 aromatic carbocycles. The van der Waals surface area contributed by atoms with Gasteiger partial charge in [-0.3, -0.25) is 0 Å². The summed E-state index contributed by atoms with van der Waals surface area (Å²) in [5.41, 5.74) is 9.81. The van der Waals surface area contributed by atoms with Gasteiger partial charge in [-0.2, -0.15) is 0 Å². The zero-order chi connectivity index (χ0) is 33.5. The van der Waals surface area contributed by atoms with Crippen LogP contribution in [0.5, 0.6) is 0 Å². The Morgan fingerprint density at radius 1 is 0.765 bits per heavy atom. The molecule has 1 N–H and O–H groups in total. The number of hydrogen-bond acceptors (Lipinski definition) is 3. The van der Waals surface area contributed by atoms with Crippen LogP contribution in [0.25, 0.3) is 28.0 Å². The molecule has 0 amide bonds. The van der Waals surface area contributed by atoms with Gasteiger partial charge in [0.1, 0.15) is 0 Å². The molecular weight excluding hydrogens is 659 g/mol. The molecule has 11 atom stereocenters. The fourth-order valence-electron chi connectivity index (χ4n) is 10.6. The van der Waals surface area contributed by atoms with Gasteiger partial charge in [0.2, 0.25) is 0 Å². The highest BCUT2D eigenvalue weighted by atomic mass is 32.2. The number of aromatic nitrogens is 1. The highest BCUT2D eigenvalue weighted by Crippen LogP contribution is 2.56. The third kappa shape index (κ3) is 5.10. The number of fused-ring (bicyclic) bond motifs is 9. The minimum Gasteiger partial charge on any atom is -0.637 e. The van der Waals surface area contributed by atoms with Crippen molar-refractivity contribution in [2.45, 2.75) is 71.4 Å². The Labute approximate surface area is 310 Å². The molecule has 0 radical (unpaired) electrons. The standard InChI is InChI=1S/C46H44N3S2/c1-5-22-40-30(14-1)31-15-2-6-23-41(31)49(40)29-13-9-12-28(26-29)46-47-38(36-20-10-18-34-32-16-3-7-24-42(32)50-44(34)36)27-39(48-46)37-21-11-19-35-33-17-4-8-25-43(33)51-45(35)37/h1-5,7-10,12-18,20-22,24-26,32-35,38-39,42-46,48H,6,11,19,23,27H2/q-1. The summed E-state index contributed by atoms with van der Waals surface area (Å²) in [7, 11) is 0. The second kappa shape index (κ2) is 12.6. The van der Waals surface area contributed by atoms with Gasteiger partial charge in [0.25, 0.3) is 0 Å². The minimum atomic E-state index is -0.0697. The zero-order valence-electron chi connectivity index (χ0n) is 28.8. The van der Waals surface area contributed by atoms with E-state index in [-0.39, 0.29) is 12.2 Å². The second-order valence-electron chi connectivity index (χ2n) is 15.6. The lowest BCUT2D eigenvalue weighted by molar-refractivity contribution is 0.349. The number of rotatable bonds is 4. The van der Waals surface area contributed by atoms with Crippen molar-refractivity contribution >= 4 is 40.5 Å². The van der Waals surface area contributed by atoms with Crippen molar-refractivity contribution in [3.05, 3.63) is 161 Å². The normalized spacial score (nSPS) is 37.1.